The number of piperidine rings is 1. The minimum Gasteiger partial charge on any atom is -0.354 e. The number of nitrogens with one attached hydrogen (secondary N) is 1. The zero-order chi connectivity index (χ0) is 22.2. The van der Waals surface area contributed by atoms with E-state index in [1.807, 2.05) is 12.1 Å². The fourth-order valence-electron chi connectivity index (χ4n) is 4.90. The van der Waals surface area contributed by atoms with Crippen LogP contribution in [0.1, 0.15) is 34.9 Å². The Morgan fingerprint density at radius 1 is 1.12 bits per heavy atom. The first-order valence-electron chi connectivity index (χ1n) is 11.0. The zero-order valence-electron chi connectivity index (χ0n) is 17.7. The number of hydrogen-bond donors (Lipinski definition) is 2. The molecule has 0 radical (unpaired) electrons. The number of aromatic nitrogens is 1. The molecule has 1 aromatic heterocycles. The monoisotopic (exact) mass is 471 g/mol. The van der Waals surface area contributed by atoms with E-state index in [2.05, 4.69) is 43.2 Å². The third-order valence-corrected chi connectivity index (χ3v) is 7.45. The second-order valence-corrected chi connectivity index (χ2v) is 9.52. The molecule has 0 saturated carbocycles. The van der Waals surface area contributed by atoms with E-state index in [9.17, 15) is 9.59 Å². The van der Waals surface area contributed by atoms with Crippen molar-refractivity contribution in [1.29, 1.82) is 0 Å². The third-order valence-electron chi connectivity index (χ3n) is 6.65. The van der Waals surface area contributed by atoms with Crippen LogP contribution < -0.4 is 10.2 Å². The van der Waals surface area contributed by atoms with Gasteiger partial charge in [-0.05, 0) is 35.2 Å². The summed E-state index contributed by atoms with van der Waals surface area (Å²) in [5.74, 6) is 0.571. The van der Waals surface area contributed by atoms with Crippen molar-refractivity contribution in [3.63, 3.8) is 0 Å². The quantitative estimate of drug-likeness (QED) is 0.527. The summed E-state index contributed by atoms with van der Waals surface area (Å²) in [5, 5.41) is 2.99. The second kappa shape index (κ2) is 9.02. The van der Waals surface area contributed by atoms with Crippen LogP contribution in [0.4, 0.5) is 5.82 Å². The second-order valence-electron chi connectivity index (χ2n) is 8.60. The lowest BCUT2D eigenvalue weighted by atomic mass is 10.0. The number of nitrogens with zero attached hydrogens (tertiary/aromatic N) is 4. The molecular formula is C23H26ClN5O2S. The minimum absolute atomic E-state index is 0.137. The van der Waals surface area contributed by atoms with Crippen LogP contribution in [0.15, 0.2) is 36.5 Å². The van der Waals surface area contributed by atoms with Gasteiger partial charge in [-0.1, -0.05) is 29.8 Å². The Bertz CT molecular complexity index is 1030. The first-order chi connectivity index (χ1) is 15.5. The molecule has 3 aliphatic rings. The first-order valence-corrected chi connectivity index (χ1v) is 11.9. The average Bonchev–Trinajstić information content (AvgIpc) is 3.12. The van der Waals surface area contributed by atoms with Gasteiger partial charge in [0.05, 0.1) is 16.4 Å². The summed E-state index contributed by atoms with van der Waals surface area (Å²) in [6, 6.07) is 9.90. The normalized spacial score (nSPS) is 24.5. The van der Waals surface area contributed by atoms with Gasteiger partial charge in [0.25, 0.3) is 0 Å². The van der Waals surface area contributed by atoms with Crippen LogP contribution in [0, 0.1) is 0 Å². The number of imide groups is 1. The Morgan fingerprint density at radius 3 is 2.66 bits per heavy atom. The molecule has 1 N–H and O–H groups in total. The Kier molecular flexibility index (Phi) is 6.11. The largest absolute Gasteiger partial charge is 0.354 e. The van der Waals surface area contributed by atoms with Crippen molar-refractivity contribution in [3.05, 3.63) is 58.2 Å². The van der Waals surface area contributed by atoms with Crippen molar-refractivity contribution in [1.82, 2.24) is 20.1 Å². The van der Waals surface area contributed by atoms with Gasteiger partial charge in [0.1, 0.15) is 5.82 Å². The molecule has 0 aliphatic carbocycles. The standard InChI is InChI=1S/C23H26ClN5O2S/c24-16-4-6-20(25-12-16)28-10-8-27(9-11-28)13-15-2-1-3-17-18(15)14-29(23(17)32)19-5-7-21(30)26-22(19)31/h1-4,6,12,19,23,32H,5,7-11,13-14H2,(H,26,30,31). The molecule has 3 aliphatic heterocycles. The van der Waals surface area contributed by atoms with Gasteiger partial charge in [-0.2, -0.15) is 12.6 Å². The molecule has 32 heavy (non-hydrogen) atoms. The summed E-state index contributed by atoms with van der Waals surface area (Å²) in [6.45, 7) is 5.29. The number of halogens is 1. The van der Waals surface area contributed by atoms with E-state index in [0.717, 1.165) is 38.5 Å². The Morgan fingerprint density at radius 2 is 1.94 bits per heavy atom. The summed E-state index contributed by atoms with van der Waals surface area (Å²) >= 11 is 10.8. The van der Waals surface area contributed by atoms with E-state index < -0.39 is 0 Å². The maximum Gasteiger partial charge on any atom is 0.243 e. The van der Waals surface area contributed by atoms with Crippen molar-refractivity contribution >= 4 is 41.9 Å². The predicted molar refractivity (Wildman–Crippen MR) is 127 cm³/mol. The fourth-order valence-corrected chi connectivity index (χ4v) is 5.49. The van der Waals surface area contributed by atoms with Crippen LogP contribution >= 0.6 is 24.2 Å². The Hall–Kier alpha value is -2.13. The highest BCUT2D eigenvalue weighted by atomic mass is 35.5. The maximum atomic E-state index is 12.4. The lowest BCUT2D eigenvalue weighted by Crippen LogP contribution is -2.51. The highest BCUT2D eigenvalue weighted by Crippen LogP contribution is 2.40. The number of carbonyl (C=O) groups excluding carboxylic acids is 2. The lowest BCUT2D eigenvalue weighted by molar-refractivity contribution is -0.137. The number of hydrogen-bond acceptors (Lipinski definition) is 7. The van der Waals surface area contributed by atoms with Crippen molar-refractivity contribution in [2.45, 2.75) is 37.3 Å². The molecule has 0 bridgehead atoms. The molecule has 9 heteroatoms. The van der Waals surface area contributed by atoms with Gasteiger partial charge in [0.2, 0.25) is 11.8 Å². The molecule has 2 atom stereocenters. The maximum absolute atomic E-state index is 12.4. The van der Waals surface area contributed by atoms with Gasteiger partial charge in [-0.3, -0.25) is 24.7 Å². The van der Waals surface area contributed by atoms with E-state index in [1.54, 1.807) is 6.20 Å². The summed E-state index contributed by atoms with van der Waals surface area (Å²) in [5.41, 5.74) is 3.72. The number of thiol groups is 1. The number of amides is 2. The van der Waals surface area contributed by atoms with Gasteiger partial charge in [-0.25, -0.2) is 4.98 Å². The van der Waals surface area contributed by atoms with Crippen LogP contribution in [0.2, 0.25) is 5.02 Å². The van der Waals surface area contributed by atoms with Gasteiger partial charge < -0.3 is 4.90 Å². The van der Waals surface area contributed by atoms with E-state index in [4.69, 9.17) is 24.2 Å². The van der Waals surface area contributed by atoms with E-state index in [0.29, 0.717) is 24.4 Å². The highest BCUT2D eigenvalue weighted by molar-refractivity contribution is 7.80. The number of benzene rings is 1. The molecule has 2 aromatic rings. The van der Waals surface area contributed by atoms with Gasteiger partial charge in [0, 0.05) is 51.9 Å². The molecule has 2 unspecified atom stereocenters. The molecule has 2 fully saturated rings. The number of piperazine rings is 1. The summed E-state index contributed by atoms with van der Waals surface area (Å²) in [6.07, 6.45) is 2.62. The molecular weight excluding hydrogens is 446 g/mol. The Labute approximate surface area is 198 Å². The van der Waals surface area contributed by atoms with Crippen molar-refractivity contribution in [3.8, 4) is 0 Å². The third kappa shape index (κ3) is 4.24. The van der Waals surface area contributed by atoms with Gasteiger partial charge in [-0.15, -0.1) is 0 Å². The molecule has 2 saturated heterocycles. The first kappa shape index (κ1) is 21.7. The van der Waals surface area contributed by atoms with Crippen LogP contribution in [0.25, 0.3) is 0 Å². The molecule has 1 aromatic carbocycles. The van der Waals surface area contributed by atoms with Crippen LogP contribution in [0.3, 0.4) is 0 Å². The van der Waals surface area contributed by atoms with Crippen LogP contribution in [-0.2, 0) is 22.7 Å². The molecule has 2 amide bonds. The molecule has 4 heterocycles. The predicted octanol–water partition coefficient (Wildman–Crippen LogP) is 2.61. The number of rotatable bonds is 4. The van der Waals surface area contributed by atoms with Crippen molar-refractivity contribution in [2.24, 2.45) is 0 Å². The molecule has 0 spiro atoms. The Balaban J connectivity index is 1.25. The zero-order valence-corrected chi connectivity index (χ0v) is 19.4. The minimum atomic E-state index is -0.314. The highest BCUT2D eigenvalue weighted by Gasteiger charge is 2.39. The topological polar surface area (TPSA) is 68.8 Å². The average molecular weight is 472 g/mol. The summed E-state index contributed by atoms with van der Waals surface area (Å²) < 4.78 is 0. The number of fused-ring (bicyclic) bond motifs is 1. The van der Waals surface area contributed by atoms with Crippen molar-refractivity contribution < 1.29 is 9.59 Å². The fraction of sp³-hybridized carbons (Fsp3) is 0.435. The number of carbonyl (C=O) groups is 2. The van der Waals surface area contributed by atoms with E-state index in [1.165, 1.54) is 16.7 Å². The smallest absolute Gasteiger partial charge is 0.243 e. The number of anilines is 1. The van der Waals surface area contributed by atoms with Crippen LogP contribution in [-0.4, -0.2) is 58.8 Å². The molecule has 5 rings (SSSR count). The van der Waals surface area contributed by atoms with Crippen LogP contribution in [0.5, 0.6) is 0 Å². The van der Waals surface area contributed by atoms with E-state index >= 15 is 0 Å². The van der Waals surface area contributed by atoms with E-state index in [-0.39, 0.29) is 23.2 Å². The lowest BCUT2D eigenvalue weighted by Gasteiger charge is -2.35. The van der Waals surface area contributed by atoms with Crippen molar-refractivity contribution in [2.75, 3.05) is 31.1 Å². The summed E-state index contributed by atoms with van der Waals surface area (Å²) in [4.78, 5) is 35.3. The number of pyridine rings is 1. The summed E-state index contributed by atoms with van der Waals surface area (Å²) in [7, 11) is 0. The molecule has 168 valence electrons. The van der Waals surface area contributed by atoms with Gasteiger partial charge in [0.15, 0.2) is 0 Å². The SMILES string of the molecule is O=C1CCC(N2Cc3c(CN4CCN(c5ccc(Cl)cn5)CC4)cccc3C2S)C(=O)N1. The molecule has 7 nitrogen and oxygen atoms in total. The van der Waals surface area contributed by atoms with Gasteiger partial charge >= 0.3 is 0 Å².